The summed E-state index contributed by atoms with van der Waals surface area (Å²) in [4.78, 5) is 34.7. The number of amides is 2. The van der Waals surface area contributed by atoms with Crippen LogP contribution in [0.2, 0.25) is 0 Å². The standard InChI is InChI=1S/C6H9NO.C6H15N.C5H9NO.C2H4.CH2O/c1-5-3-4-6(8)7(5)2;1-4-5-6-7(2)3;1-6-4-2-3-5(6)7;2*1-2/h1,3-4H2,2H3;4-6H2,1-3H3;2-4H2,1H3;1-2H2;1H2. The molecule has 152 valence electrons. The van der Waals surface area contributed by atoms with E-state index < -0.39 is 0 Å². The molecule has 0 bridgehead atoms. The highest BCUT2D eigenvalue weighted by Crippen LogP contribution is 2.16. The molecule has 0 atom stereocenters. The Morgan fingerprint density at radius 2 is 1.54 bits per heavy atom. The van der Waals surface area contributed by atoms with Gasteiger partial charge in [-0.3, -0.25) is 9.59 Å². The van der Waals surface area contributed by atoms with Crippen LogP contribution in [0.3, 0.4) is 0 Å². The van der Waals surface area contributed by atoms with Gasteiger partial charge in [-0.25, -0.2) is 0 Å². The Balaban J connectivity index is -0.000000279. The van der Waals surface area contributed by atoms with E-state index in [0.29, 0.717) is 12.3 Å². The fraction of sp³-hybridized carbons (Fsp3) is 0.650. The quantitative estimate of drug-likeness (QED) is 0.718. The predicted molar refractivity (Wildman–Crippen MR) is 110 cm³/mol. The molecule has 2 fully saturated rings. The van der Waals surface area contributed by atoms with Crippen LogP contribution >= 0.6 is 0 Å². The van der Waals surface area contributed by atoms with Gasteiger partial charge in [-0.2, -0.15) is 0 Å². The minimum Gasteiger partial charge on any atom is -0.346 e. The van der Waals surface area contributed by atoms with Crippen molar-refractivity contribution in [3.63, 3.8) is 0 Å². The van der Waals surface area contributed by atoms with Gasteiger partial charge < -0.3 is 19.5 Å². The summed E-state index contributed by atoms with van der Waals surface area (Å²) in [7, 11) is 7.82. The van der Waals surface area contributed by atoms with Gasteiger partial charge in [-0.05, 0) is 39.9 Å². The summed E-state index contributed by atoms with van der Waals surface area (Å²) in [5.74, 6) is 0.481. The molecule has 2 aliphatic rings. The van der Waals surface area contributed by atoms with E-state index in [9.17, 15) is 9.59 Å². The van der Waals surface area contributed by atoms with Crippen LogP contribution in [0, 0.1) is 0 Å². The lowest BCUT2D eigenvalue weighted by atomic mass is 10.3. The Morgan fingerprint density at radius 1 is 1.00 bits per heavy atom. The number of rotatable bonds is 3. The zero-order valence-electron chi connectivity index (χ0n) is 17.6. The zero-order chi connectivity index (χ0) is 21.1. The first kappa shape index (κ1) is 28.8. The van der Waals surface area contributed by atoms with Crippen LogP contribution in [-0.4, -0.2) is 74.6 Å². The molecule has 0 radical (unpaired) electrons. The fourth-order valence-corrected chi connectivity index (χ4v) is 2.02. The van der Waals surface area contributed by atoms with Crippen molar-refractivity contribution >= 4 is 18.6 Å². The van der Waals surface area contributed by atoms with Gasteiger partial charge in [-0.15, -0.1) is 13.2 Å². The number of nitrogens with zero attached hydrogens (tertiary/aromatic N) is 3. The SMILES string of the molecule is C=C.C=C1CCC(=O)N1C.C=O.CCCCN(C)C.CN1CCCC1=O. The third-order valence-corrected chi connectivity index (χ3v) is 3.74. The number of unbranched alkanes of at least 4 members (excludes halogenated alkanes) is 1. The summed E-state index contributed by atoms with van der Waals surface area (Å²) >= 11 is 0. The summed E-state index contributed by atoms with van der Waals surface area (Å²) in [5.41, 5.74) is 0.940. The molecular weight excluding hydrogens is 330 g/mol. The molecule has 6 nitrogen and oxygen atoms in total. The molecule has 26 heavy (non-hydrogen) atoms. The Bertz CT molecular complexity index is 380. The number of allylic oxidation sites excluding steroid dienone is 1. The van der Waals surface area contributed by atoms with Gasteiger partial charge in [0.1, 0.15) is 6.79 Å². The van der Waals surface area contributed by atoms with Crippen LogP contribution < -0.4 is 0 Å². The van der Waals surface area contributed by atoms with Crippen LogP contribution in [0.1, 0.15) is 45.4 Å². The number of carbonyl (C=O) groups excluding carboxylic acids is 3. The predicted octanol–water partition coefficient (Wildman–Crippen LogP) is 2.96. The van der Waals surface area contributed by atoms with Gasteiger partial charge in [0.25, 0.3) is 0 Å². The number of carbonyl (C=O) groups is 3. The summed E-state index contributed by atoms with van der Waals surface area (Å²) in [6.45, 7) is 16.1. The number of hydrogen-bond acceptors (Lipinski definition) is 4. The summed E-state index contributed by atoms with van der Waals surface area (Å²) in [6, 6.07) is 0. The van der Waals surface area contributed by atoms with Gasteiger partial charge in [0, 0.05) is 39.2 Å². The van der Waals surface area contributed by atoms with Gasteiger partial charge in [0.15, 0.2) is 0 Å². The van der Waals surface area contributed by atoms with Crippen molar-refractivity contribution in [2.24, 2.45) is 0 Å². The summed E-state index contributed by atoms with van der Waals surface area (Å²) in [6.07, 6.45) is 5.93. The Labute approximate surface area is 160 Å². The third kappa shape index (κ3) is 15.6. The molecule has 0 aromatic rings. The first-order valence-electron chi connectivity index (χ1n) is 8.91. The molecule has 0 saturated carbocycles. The van der Waals surface area contributed by atoms with Crippen LogP contribution in [0.15, 0.2) is 25.4 Å². The van der Waals surface area contributed by atoms with Crippen LogP contribution in [0.4, 0.5) is 0 Å². The molecule has 0 unspecified atom stereocenters. The molecule has 2 amide bonds. The monoisotopic (exact) mass is 369 g/mol. The van der Waals surface area contributed by atoms with Crippen molar-refractivity contribution in [3.8, 4) is 0 Å². The smallest absolute Gasteiger partial charge is 0.226 e. The molecule has 0 aromatic heterocycles. The van der Waals surface area contributed by atoms with Crippen molar-refractivity contribution in [2.45, 2.75) is 45.4 Å². The summed E-state index contributed by atoms with van der Waals surface area (Å²) < 4.78 is 0. The summed E-state index contributed by atoms with van der Waals surface area (Å²) in [5, 5.41) is 0. The van der Waals surface area contributed by atoms with E-state index in [4.69, 9.17) is 4.79 Å². The van der Waals surface area contributed by atoms with Crippen molar-refractivity contribution in [3.05, 3.63) is 25.4 Å². The van der Waals surface area contributed by atoms with Crippen molar-refractivity contribution < 1.29 is 14.4 Å². The third-order valence-electron chi connectivity index (χ3n) is 3.74. The van der Waals surface area contributed by atoms with E-state index in [2.05, 4.69) is 45.7 Å². The highest BCUT2D eigenvalue weighted by atomic mass is 16.2. The minimum atomic E-state index is 0.190. The molecule has 2 aliphatic heterocycles. The maximum absolute atomic E-state index is 10.6. The number of likely N-dealkylation sites (tertiary alicyclic amines) is 2. The Hall–Kier alpha value is -1.95. The van der Waals surface area contributed by atoms with Gasteiger partial charge in [-0.1, -0.05) is 19.9 Å². The molecule has 0 N–H and O–H groups in total. The van der Waals surface area contributed by atoms with E-state index in [-0.39, 0.29) is 5.91 Å². The Morgan fingerprint density at radius 3 is 1.65 bits per heavy atom. The van der Waals surface area contributed by atoms with E-state index in [0.717, 1.165) is 31.5 Å². The van der Waals surface area contributed by atoms with E-state index in [1.165, 1.54) is 19.4 Å². The van der Waals surface area contributed by atoms with Gasteiger partial charge >= 0.3 is 0 Å². The lowest BCUT2D eigenvalue weighted by Crippen LogP contribution is -2.17. The highest BCUT2D eigenvalue weighted by Gasteiger charge is 2.18. The van der Waals surface area contributed by atoms with E-state index in [1.54, 1.807) is 16.8 Å². The first-order chi connectivity index (χ1) is 12.3. The maximum atomic E-state index is 10.6. The van der Waals surface area contributed by atoms with E-state index >= 15 is 0 Å². The molecule has 0 aliphatic carbocycles. The van der Waals surface area contributed by atoms with Gasteiger partial charge in [0.05, 0.1) is 0 Å². The van der Waals surface area contributed by atoms with Crippen LogP contribution in [0.25, 0.3) is 0 Å². The molecule has 0 aromatic carbocycles. The number of hydrogen-bond donors (Lipinski definition) is 0. The molecular formula is C20H39N3O3. The first-order valence-corrected chi connectivity index (χ1v) is 8.91. The highest BCUT2D eigenvalue weighted by molar-refractivity contribution is 5.80. The zero-order valence-corrected chi connectivity index (χ0v) is 17.6. The van der Waals surface area contributed by atoms with Crippen LogP contribution in [-0.2, 0) is 14.4 Å². The van der Waals surface area contributed by atoms with E-state index in [1.807, 2.05) is 13.8 Å². The Kier molecular flexibility index (Phi) is 21.5. The lowest BCUT2D eigenvalue weighted by Gasteiger charge is -2.06. The second kappa shape index (κ2) is 19.4. The average Bonchev–Trinajstić information content (AvgIpc) is 3.17. The minimum absolute atomic E-state index is 0.190. The molecule has 0 spiro atoms. The second-order valence-electron chi connectivity index (χ2n) is 6.09. The molecule has 2 saturated heterocycles. The maximum Gasteiger partial charge on any atom is 0.226 e. The van der Waals surface area contributed by atoms with Crippen LogP contribution in [0.5, 0.6) is 0 Å². The fourth-order valence-electron chi connectivity index (χ4n) is 2.02. The molecule has 6 heteroatoms. The van der Waals surface area contributed by atoms with Crippen molar-refractivity contribution in [2.75, 3.05) is 41.3 Å². The normalized spacial score (nSPS) is 15.1. The van der Waals surface area contributed by atoms with Gasteiger partial charge in [0.2, 0.25) is 11.8 Å². The largest absolute Gasteiger partial charge is 0.346 e. The molecule has 2 heterocycles. The van der Waals surface area contributed by atoms with Crippen molar-refractivity contribution in [1.82, 2.24) is 14.7 Å². The van der Waals surface area contributed by atoms with Crippen molar-refractivity contribution in [1.29, 1.82) is 0 Å². The second-order valence-corrected chi connectivity index (χ2v) is 6.09. The molecule has 2 rings (SSSR count). The lowest BCUT2D eigenvalue weighted by molar-refractivity contribution is -0.127. The topological polar surface area (TPSA) is 60.9 Å². The average molecular weight is 370 g/mol.